The molecule has 0 aliphatic rings. The van der Waals surface area contributed by atoms with Crippen molar-refractivity contribution in [3.63, 3.8) is 0 Å². The fourth-order valence-electron chi connectivity index (χ4n) is 2.20. The molecule has 0 unspecified atom stereocenters. The zero-order chi connectivity index (χ0) is 16.2. The third-order valence-corrected chi connectivity index (χ3v) is 4.03. The van der Waals surface area contributed by atoms with Crippen LogP contribution < -0.4 is 10.1 Å². The first-order valence-corrected chi connectivity index (χ1v) is 7.92. The number of methoxy groups -OCH3 is 1. The fraction of sp³-hybridized carbons (Fsp3) is 0.176. The number of nitrogens with zero attached hydrogens (tertiary/aromatic N) is 2. The van der Waals surface area contributed by atoms with E-state index in [0.29, 0.717) is 24.0 Å². The molecular weight excluding hydrogens is 358 g/mol. The molecule has 3 aromatic rings. The number of rotatable bonds is 5. The molecule has 2 aromatic carbocycles. The maximum atomic E-state index is 5.32. The highest BCUT2D eigenvalue weighted by molar-refractivity contribution is 9.10. The maximum Gasteiger partial charge on any atom is 0.246 e. The minimum atomic E-state index is 0.448. The van der Waals surface area contributed by atoms with E-state index < -0.39 is 0 Å². The molecule has 1 heterocycles. The first kappa shape index (κ1) is 15.6. The molecule has 0 aliphatic heterocycles. The Morgan fingerprint density at radius 1 is 1.22 bits per heavy atom. The van der Waals surface area contributed by atoms with Gasteiger partial charge in [-0.05, 0) is 52.7 Å². The van der Waals surface area contributed by atoms with Crippen LogP contribution in [0.25, 0.3) is 11.4 Å². The summed E-state index contributed by atoms with van der Waals surface area (Å²) in [6.07, 6.45) is 0. The number of hydrogen-bond donors (Lipinski definition) is 1. The van der Waals surface area contributed by atoms with E-state index in [0.717, 1.165) is 15.7 Å². The molecule has 0 amide bonds. The van der Waals surface area contributed by atoms with E-state index in [2.05, 4.69) is 37.5 Å². The summed E-state index contributed by atoms with van der Waals surface area (Å²) in [5, 5.41) is 7.30. The van der Waals surface area contributed by atoms with Gasteiger partial charge in [0.05, 0.1) is 19.2 Å². The first-order chi connectivity index (χ1) is 11.2. The number of benzene rings is 2. The van der Waals surface area contributed by atoms with Crippen molar-refractivity contribution in [2.45, 2.75) is 13.5 Å². The van der Waals surface area contributed by atoms with Gasteiger partial charge in [0.15, 0.2) is 0 Å². The van der Waals surface area contributed by atoms with Crippen molar-refractivity contribution in [2.24, 2.45) is 0 Å². The molecule has 118 valence electrons. The van der Waals surface area contributed by atoms with Gasteiger partial charge in [-0.15, -0.1) is 0 Å². The van der Waals surface area contributed by atoms with Crippen molar-refractivity contribution in [3.05, 3.63) is 58.4 Å². The average Bonchev–Trinajstić information content (AvgIpc) is 3.03. The van der Waals surface area contributed by atoms with Crippen LogP contribution in [-0.2, 0) is 6.54 Å². The second-order valence-corrected chi connectivity index (χ2v) is 5.90. The molecule has 0 fully saturated rings. The third-order valence-electron chi connectivity index (χ3n) is 3.37. The molecule has 1 aromatic heterocycles. The highest BCUT2D eigenvalue weighted by Gasteiger charge is 2.12. The number of para-hydroxylation sites is 1. The van der Waals surface area contributed by atoms with Gasteiger partial charge in [0.2, 0.25) is 11.7 Å². The van der Waals surface area contributed by atoms with E-state index in [1.807, 2.05) is 43.3 Å². The number of nitrogens with one attached hydrogen (secondary N) is 1. The molecule has 3 rings (SSSR count). The van der Waals surface area contributed by atoms with Gasteiger partial charge in [0.1, 0.15) is 5.75 Å². The number of hydrogen-bond acceptors (Lipinski definition) is 5. The zero-order valence-corrected chi connectivity index (χ0v) is 14.4. The summed E-state index contributed by atoms with van der Waals surface area (Å²) in [4.78, 5) is 4.42. The molecule has 1 N–H and O–H groups in total. The van der Waals surface area contributed by atoms with Crippen molar-refractivity contribution >= 4 is 21.6 Å². The van der Waals surface area contributed by atoms with E-state index in [9.17, 15) is 0 Å². The maximum absolute atomic E-state index is 5.32. The van der Waals surface area contributed by atoms with Crippen molar-refractivity contribution in [2.75, 3.05) is 12.4 Å². The molecule has 0 aliphatic carbocycles. The van der Waals surface area contributed by atoms with E-state index >= 15 is 0 Å². The van der Waals surface area contributed by atoms with Gasteiger partial charge < -0.3 is 14.6 Å². The summed E-state index contributed by atoms with van der Waals surface area (Å²) in [7, 11) is 1.62. The predicted molar refractivity (Wildman–Crippen MR) is 92.5 cm³/mol. The molecule has 0 saturated carbocycles. The number of halogens is 1. The number of ether oxygens (including phenoxy) is 1. The van der Waals surface area contributed by atoms with E-state index in [1.54, 1.807) is 7.11 Å². The summed E-state index contributed by atoms with van der Waals surface area (Å²) in [6, 6.07) is 13.7. The van der Waals surface area contributed by atoms with Gasteiger partial charge in [-0.25, -0.2) is 0 Å². The molecule has 0 atom stereocenters. The van der Waals surface area contributed by atoms with Crippen LogP contribution in [0.1, 0.15) is 11.5 Å². The Morgan fingerprint density at radius 2 is 2.04 bits per heavy atom. The Morgan fingerprint density at radius 3 is 2.83 bits per heavy atom. The van der Waals surface area contributed by atoms with Gasteiger partial charge in [0.25, 0.3) is 0 Å². The predicted octanol–water partition coefficient (Wildman–Crippen LogP) is 4.43. The average molecular weight is 374 g/mol. The Balaban J connectivity index is 1.75. The van der Waals surface area contributed by atoms with Crippen molar-refractivity contribution in [3.8, 4) is 17.1 Å². The third kappa shape index (κ3) is 3.53. The van der Waals surface area contributed by atoms with Gasteiger partial charge in [-0.3, -0.25) is 0 Å². The fourth-order valence-corrected chi connectivity index (χ4v) is 2.83. The zero-order valence-electron chi connectivity index (χ0n) is 12.8. The lowest BCUT2D eigenvalue weighted by molar-refractivity contribution is 0.383. The van der Waals surface area contributed by atoms with Gasteiger partial charge in [-0.1, -0.05) is 23.4 Å². The lowest BCUT2D eigenvalue weighted by Gasteiger charge is -2.06. The second kappa shape index (κ2) is 6.83. The molecule has 0 radical (unpaired) electrons. The van der Waals surface area contributed by atoms with Crippen LogP contribution in [-0.4, -0.2) is 17.3 Å². The van der Waals surface area contributed by atoms with E-state index in [4.69, 9.17) is 9.26 Å². The SMILES string of the molecule is COc1ccccc1-c1noc(CNc2ccc(C)cc2Br)n1. The van der Waals surface area contributed by atoms with Crippen LogP contribution in [0.5, 0.6) is 5.75 Å². The Labute approximate surface area is 142 Å². The van der Waals surface area contributed by atoms with Crippen LogP contribution in [0.3, 0.4) is 0 Å². The van der Waals surface area contributed by atoms with Crippen LogP contribution in [0.4, 0.5) is 5.69 Å². The lowest BCUT2D eigenvalue weighted by atomic mass is 10.2. The van der Waals surface area contributed by atoms with Crippen LogP contribution in [0.15, 0.2) is 51.5 Å². The second-order valence-electron chi connectivity index (χ2n) is 5.05. The minimum Gasteiger partial charge on any atom is -0.496 e. The number of aromatic nitrogens is 2. The summed E-state index contributed by atoms with van der Waals surface area (Å²) < 4.78 is 11.6. The largest absolute Gasteiger partial charge is 0.496 e. The smallest absolute Gasteiger partial charge is 0.246 e. The van der Waals surface area contributed by atoms with Crippen molar-refractivity contribution in [1.29, 1.82) is 0 Å². The summed E-state index contributed by atoms with van der Waals surface area (Å²) >= 11 is 3.54. The van der Waals surface area contributed by atoms with Crippen molar-refractivity contribution in [1.82, 2.24) is 10.1 Å². The van der Waals surface area contributed by atoms with E-state index in [1.165, 1.54) is 5.56 Å². The first-order valence-electron chi connectivity index (χ1n) is 7.13. The Kier molecular flexibility index (Phi) is 4.62. The Hall–Kier alpha value is -2.34. The molecular formula is C17H16BrN3O2. The topological polar surface area (TPSA) is 60.2 Å². The molecule has 0 saturated heterocycles. The lowest BCUT2D eigenvalue weighted by Crippen LogP contribution is -2.00. The Bertz CT molecular complexity index is 817. The summed E-state index contributed by atoms with van der Waals surface area (Å²) in [5.41, 5.74) is 2.98. The minimum absolute atomic E-state index is 0.448. The highest BCUT2D eigenvalue weighted by atomic mass is 79.9. The molecule has 5 nitrogen and oxygen atoms in total. The molecule has 0 spiro atoms. The summed E-state index contributed by atoms with van der Waals surface area (Å²) in [6.45, 7) is 2.50. The highest BCUT2D eigenvalue weighted by Crippen LogP contribution is 2.27. The molecule has 23 heavy (non-hydrogen) atoms. The quantitative estimate of drug-likeness (QED) is 0.716. The number of anilines is 1. The monoisotopic (exact) mass is 373 g/mol. The number of aryl methyl sites for hydroxylation is 1. The van der Waals surface area contributed by atoms with Gasteiger partial charge in [0, 0.05) is 10.2 Å². The molecule has 0 bridgehead atoms. The van der Waals surface area contributed by atoms with Crippen LogP contribution in [0, 0.1) is 6.92 Å². The summed E-state index contributed by atoms with van der Waals surface area (Å²) in [5.74, 6) is 1.75. The van der Waals surface area contributed by atoms with E-state index in [-0.39, 0.29) is 0 Å². The van der Waals surface area contributed by atoms with Gasteiger partial charge >= 0.3 is 0 Å². The van der Waals surface area contributed by atoms with Crippen LogP contribution in [0.2, 0.25) is 0 Å². The van der Waals surface area contributed by atoms with Crippen molar-refractivity contribution < 1.29 is 9.26 Å². The normalized spacial score (nSPS) is 10.6. The molecule has 6 heteroatoms. The standard InChI is InChI=1S/C17H16BrN3O2/c1-11-7-8-14(13(18)9-11)19-10-16-20-17(21-23-16)12-5-3-4-6-15(12)22-2/h3-9,19H,10H2,1-2H3. The van der Waals surface area contributed by atoms with Crippen LogP contribution >= 0.6 is 15.9 Å². The van der Waals surface area contributed by atoms with Gasteiger partial charge in [-0.2, -0.15) is 4.98 Å².